The van der Waals surface area contributed by atoms with Gasteiger partial charge in [-0.25, -0.2) is 0 Å². The van der Waals surface area contributed by atoms with Gasteiger partial charge >= 0.3 is 6.18 Å². The Labute approximate surface area is 80.0 Å². The molecule has 1 aromatic rings. The third-order valence-corrected chi connectivity index (χ3v) is 1.70. The number of benzene rings is 1. The molecule has 0 aliphatic heterocycles. The summed E-state index contributed by atoms with van der Waals surface area (Å²) in [5, 5.41) is 0. The molecular formula is C10H10F3N. The minimum Gasteiger partial charge on any atom is -0.327 e. The lowest BCUT2D eigenvalue weighted by Crippen LogP contribution is -2.07. The lowest BCUT2D eigenvalue weighted by molar-refractivity contribution is -0.137. The molecule has 0 bridgehead atoms. The lowest BCUT2D eigenvalue weighted by atomic mass is 10.1. The van der Waals surface area contributed by atoms with Crippen molar-refractivity contribution in [2.75, 3.05) is 6.54 Å². The van der Waals surface area contributed by atoms with Crippen molar-refractivity contribution in [2.24, 2.45) is 5.73 Å². The molecular weight excluding hydrogens is 191 g/mol. The minimum absolute atomic E-state index is 0.144. The molecule has 2 N–H and O–H groups in total. The van der Waals surface area contributed by atoms with Crippen LogP contribution in [0.5, 0.6) is 0 Å². The first kappa shape index (κ1) is 10.8. The van der Waals surface area contributed by atoms with Gasteiger partial charge in [-0.3, -0.25) is 0 Å². The molecule has 0 saturated heterocycles. The molecule has 14 heavy (non-hydrogen) atoms. The van der Waals surface area contributed by atoms with Gasteiger partial charge in [0.05, 0.1) is 5.56 Å². The Bertz CT molecular complexity index is 328. The smallest absolute Gasteiger partial charge is 0.327 e. The van der Waals surface area contributed by atoms with Crippen LogP contribution in [-0.2, 0) is 6.18 Å². The highest BCUT2D eigenvalue weighted by Crippen LogP contribution is 2.32. The second kappa shape index (κ2) is 4.28. The number of nitrogens with two attached hydrogens (primary N) is 1. The predicted molar refractivity (Wildman–Crippen MR) is 49.5 cm³/mol. The third-order valence-electron chi connectivity index (χ3n) is 1.70. The van der Waals surface area contributed by atoms with Gasteiger partial charge < -0.3 is 5.73 Å². The molecule has 0 aliphatic carbocycles. The van der Waals surface area contributed by atoms with Gasteiger partial charge in [0.2, 0.25) is 0 Å². The summed E-state index contributed by atoms with van der Waals surface area (Å²) in [5.41, 5.74) is 4.68. The van der Waals surface area contributed by atoms with Crippen LogP contribution in [0.25, 0.3) is 6.08 Å². The van der Waals surface area contributed by atoms with Crippen LogP contribution in [0, 0.1) is 0 Å². The van der Waals surface area contributed by atoms with Gasteiger partial charge in [-0.05, 0) is 11.6 Å². The first-order valence-corrected chi connectivity index (χ1v) is 4.08. The number of hydrogen-bond donors (Lipinski definition) is 1. The van der Waals surface area contributed by atoms with Gasteiger partial charge in [0.1, 0.15) is 0 Å². The van der Waals surface area contributed by atoms with Crippen LogP contribution in [-0.4, -0.2) is 6.54 Å². The molecule has 0 aromatic heterocycles. The van der Waals surface area contributed by atoms with Crippen molar-refractivity contribution in [1.29, 1.82) is 0 Å². The summed E-state index contributed by atoms with van der Waals surface area (Å²) in [4.78, 5) is 0. The number of halogens is 3. The quantitative estimate of drug-likeness (QED) is 0.782. The largest absolute Gasteiger partial charge is 0.416 e. The van der Waals surface area contributed by atoms with Crippen molar-refractivity contribution >= 4 is 6.08 Å². The monoisotopic (exact) mass is 201 g/mol. The van der Waals surface area contributed by atoms with Crippen LogP contribution in [0.4, 0.5) is 13.2 Å². The minimum atomic E-state index is -4.31. The zero-order valence-corrected chi connectivity index (χ0v) is 7.38. The van der Waals surface area contributed by atoms with Gasteiger partial charge in [0.25, 0.3) is 0 Å². The molecule has 1 aromatic carbocycles. The Morgan fingerprint density at radius 2 is 1.86 bits per heavy atom. The SMILES string of the molecule is NCC=Cc1ccccc1C(F)(F)F. The summed E-state index contributed by atoms with van der Waals surface area (Å²) in [6.07, 6.45) is -1.44. The highest BCUT2D eigenvalue weighted by Gasteiger charge is 2.32. The predicted octanol–water partition coefficient (Wildman–Crippen LogP) is 2.68. The number of rotatable bonds is 2. The highest BCUT2D eigenvalue weighted by atomic mass is 19.4. The third kappa shape index (κ3) is 2.60. The first-order chi connectivity index (χ1) is 6.55. The van der Waals surface area contributed by atoms with E-state index < -0.39 is 11.7 Å². The Hall–Kier alpha value is -1.29. The van der Waals surface area contributed by atoms with E-state index in [0.29, 0.717) is 0 Å². The van der Waals surface area contributed by atoms with Crippen molar-refractivity contribution in [3.63, 3.8) is 0 Å². The van der Waals surface area contributed by atoms with Gasteiger partial charge in [-0.1, -0.05) is 30.4 Å². The van der Waals surface area contributed by atoms with Crippen molar-refractivity contribution in [3.8, 4) is 0 Å². The summed E-state index contributed by atoms with van der Waals surface area (Å²) in [6, 6.07) is 5.39. The maximum absolute atomic E-state index is 12.4. The molecule has 1 nitrogen and oxygen atoms in total. The van der Waals surface area contributed by atoms with Crippen LogP contribution in [0.3, 0.4) is 0 Å². The van der Waals surface area contributed by atoms with E-state index in [-0.39, 0.29) is 12.1 Å². The average Bonchev–Trinajstić information content (AvgIpc) is 2.14. The second-order valence-electron chi connectivity index (χ2n) is 2.72. The summed E-state index contributed by atoms with van der Waals surface area (Å²) >= 11 is 0. The fourth-order valence-corrected chi connectivity index (χ4v) is 1.10. The molecule has 0 aliphatic rings. The molecule has 0 radical (unpaired) electrons. The second-order valence-corrected chi connectivity index (χ2v) is 2.72. The van der Waals surface area contributed by atoms with Crippen LogP contribution in [0.2, 0.25) is 0 Å². The lowest BCUT2D eigenvalue weighted by Gasteiger charge is -2.09. The Morgan fingerprint density at radius 1 is 1.21 bits per heavy atom. The van der Waals surface area contributed by atoms with E-state index in [1.807, 2.05) is 0 Å². The van der Waals surface area contributed by atoms with Gasteiger partial charge in [-0.2, -0.15) is 13.2 Å². The topological polar surface area (TPSA) is 26.0 Å². The summed E-state index contributed by atoms with van der Waals surface area (Å²) in [6.45, 7) is 0.228. The Balaban J connectivity index is 3.10. The maximum Gasteiger partial charge on any atom is 0.416 e. The summed E-state index contributed by atoms with van der Waals surface area (Å²) in [5.74, 6) is 0. The van der Waals surface area contributed by atoms with Gasteiger partial charge in [0.15, 0.2) is 0 Å². The van der Waals surface area contributed by atoms with E-state index in [4.69, 9.17) is 5.73 Å². The van der Waals surface area contributed by atoms with Crippen LogP contribution in [0.1, 0.15) is 11.1 Å². The van der Waals surface area contributed by atoms with Crippen molar-refractivity contribution in [3.05, 3.63) is 41.5 Å². The van der Waals surface area contributed by atoms with Crippen LogP contribution in [0.15, 0.2) is 30.3 Å². The fraction of sp³-hybridized carbons (Fsp3) is 0.200. The fourth-order valence-electron chi connectivity index (χ4n) is 1.10. The van der Waals surface area contributed by atoms with Crippen molar-refractivity contribution in [1.82, 2.24) is 0 Å². The highest BCUT2D eigenvalue weighted by molar-refractivity contribution is 5.54. The molecule has 0 heterocycles. The van der Waals surface area contributed by atoms with Crippen molar-refractivity contribution < 1.29 is 13.2 Å². The van der Waals surface area contributed by atoms with E-state index in [2.05, 4.69) is 0 Å². The molecule has 0 unspecified atom stereocenters. The number of hydrogen-bond acceptors (Lipinski definition) is 1. The van der Waals surface area contributed by atoms with Crippen LogP contribution < -0.4 is 5.73 Å². The maximum atomic E-state index is 12.4. The van der Waals surface area contributed by atoms with E-state index >= 15 is 0 Å². The zero-order chi connectivity index (χ0) is 10.6. The molecule has 0 fully saturated rings. The Morgan fingerprint density at radius 3 is 2.43 bits per heavy atom. The number of alkyl halides is 3. The Kier molecular flexibility index (Phi) is 3.30. The normalized spacial score (nSPS) is 12.3. The van der Waals surface area contributed by atoms with Crippen LogP contribution >= 0.6 is 0 Å². The van der Waals surface area contributed by atoms with E-state index in [0.717, 1.165) is 6.07 Å². The first-order valence-electron chi connectivity index (χ1n) is 4.08. The van der Waals surface area contributed by atoms with Crippen molar-refractivity contribution in [2.45, 2.75) is 6.18 Å². The van der Waals surface area contributed by atoms with Gasteiger partial charge in [0, 0.05) is 6.54 Å². The molecule has 4 heteroatoms. The van der Waals surface area contributed by atoms with E-state index in [1.54, 1.807) is 6.07 Å². The average molecular weight is 201 g/mol. The zero-order valence-electron chi connectivity index (χ0n) is 7.38. The van der Waals surface area contributed by atoms with E-state index in [1.165, 1.54) is 24.3 Å². The molecule has 0 spiro atoms. The molecule has 1 rings (SSSR count). The van der Waals surface area contributed by atoms with Gasteiger partial charge in [-0.15, -0.1) is 0 Å². The molecule has 0 amide bonds. The molecule has 76 valence electrons. The molecule has 0 atom stereocenters. The standard InChI is InChI=1S/C10H10F3N/c11-10(12,13)9-6-2-1-4-8(9)5-3-7-14/h1-6H,7,14H2. The summed E-state index contributed by atoms with van der Waals surface area (Å²) in [7, 11) is 0. The molecule has 0 saturated carbocycles. The summed E-state index contributed by atoms with van der Waals surface area (Å²) < 4.78 is 37.2. The van der Waals surface area contributed by atoms with E-state index in [9.17, 15) is 13.2 Å².